The fraction of sp³-hybridized carbons (Fsp3) is 1.00. The summed E-state index contributed by atoms with van der Waals surface area (Å²) in [6.07, 6.45) is -0.0973. The standard InChI is InChI=1S/C7H16O3/c1-6(2)7(4-8)10-5-9-3/h6-8H,4-5H2,1-3H3/t7-/m1/s1. The largest absolute Gasteiger partial charge is 0.394 e. The molecule has 0 unspecified atom stereocenters. The molecular formula is C7H16O3. The first-order valence-corrected chi connectivity index (χ1v) is 3.43. The maximum Gasteiger partial charge on any atom is 0.146 e. The zero-order valence-electron chi connectivity index (χ0n) is 6.83. The predicted molar refractivity (Wildman–Crippen MR) is 38.7 cm³/mol. The number of rotatable bonds is 5. The Labute approximate surface area is 62.0 Å². The van der Waals surface area contributed by atoms with E-state index in [1.54, 1.807) is 7.11 Å². The van der Waals surface area contributed by atoms with E-state index in [-0.39, 0.29) is 19.5 Å². The van der Waals surface area contributed by atoms with Crippen LogP contribution in [0.2, 0.25) is 0 Å². The zero-order valence-corrected chi connectivity index (χ0v) is 6.83. The van der Waals surface area contributed by atoms with Crippen molar-refractivity contribution in [3.63, 3.8) is 0 Å². The molecule has 1 atom stereocenters. The molecule has 0 aliphatic heterocycles. The molecule has 0 spiro atoms. The maximum absolute atomic E-state index is 8.74. The van der Waals surface area contributed by atoms with Gasteiger partial charge in [-0.1, -0.05) is 13.8 Å². The van der Waals surface area contributed by atoms with Crippen LogP contribution >= 0.6 is 0 Å². The van der Waals surface area contributed by atoms with Crippen molar-refractivity contribution in [2.24, 2.45) is 5.92 Å². The Bertz CT molecular complexity index is 73.3. The second kappa shape index (κ2) is 5.65. The number of aliphatic hydroxyl groups is 1. The molecule has 0 fully saturated rings. The Hall–Kier alpha value is -0.120. The fourth-order valence-electron chi connectivity index (χ4n) is 0.611. The molecule has 0 aromatic carbocycles. The number of methoxy groups -OCH3 is 1. The van der Waals surface area contributed by atoms with Gasteiger partial charge in [0.2, 0.25) is 0 Å². The molecule has 0 saturated carbocycles. The van der Waals surface area contributed by atoms with Crippen LogP contribution in [0.5, 0.6) is 0 Å². The maximum atomic E-state index is 8.74. The highest BCUT2D eigenvalue weighted by Gasteiger charge is 2.11. The average molecular weight is 148 g/mol. The molecular weight excluding hydrogens is 132 g/mol. The van der Waals surface area contributed by atoms with E-state index in [1.807, 2.05) is 13.8 Å². The SMILES string of the molecule is COCO[C@H](CO)C(C)C. The quantitative estimate of drug-likeness (QED) is 0.581. The smallest absolute Gasteiger partial charge is 0.146 e. The van der Waals surface area contributed by atoms with Crippen molar-refractivity contribution in [3.05, 3.63) is 0 Å². The number of aliphatic hydroxyl groups excluding tert-OH is 1. The molecule has 0 radical (unpaired) electrons. The first-order valence-electron chi connectivity index (χ1n) is 3.43. The summed E-state index contributed by atoms with van der Waals surface area (Å²) in [7, 11) is 1.56. The minimum atomic E-state index is -0.0973. The van der Waals surface area contributed by atoms with Crippen molar-refractivity contribution < 1.29 is 14.6 Å². The van der Waals surface area contributed by atoms with Crippen LogP contribution in [0, 0.1) is 5.92 Å². The van der Waals surface area contributed by atoms with Crippen LogP contribution in [-0.4, -0.2) is 31.7 Å². The van der Waals surface area contributed by atoms with Gasteiger partial charge < -0.3 is 14.6 Å². The molecule has 10 heavy (non-hydrogen) atoms. The summed E-state index contributed by atoms with van der Waals surface area (Å²) in [5.74, 6) is 0.333. The van der Waals surface area contributed by atoms with Crippen LogP contribution in [0.15, 0.2) is 0 Å². The number of hydrogen-bond donors (Lipinski definition) is 1. The fourth-order valence-corrected chi connectivity index (χ4v) is 0.611. The minimum absolute atomic E-state index is 0.0566. The zero-order chi connectivity index (χ0) is 7.98. The molecule has 1 N–H and O–H groups in total. The Morgan fingerprint density at radius 2 is 2.00 bits per heavy atom. The molecule has 62 valence electrons. The van der Waals surface area contributed by atoms with E-state index < -0.39 is 0 Å². The van der Waals surface area contributed by atoms with Gasteiger partial charge in [0.05, 0.1) is 12.7 Å². The Balaban J connectivity index is 3.40. The second-order valence-electron chi connectivity index (χ2n) is 2.54. The van der Waals surface area contributed by atoms with E-state index in [2.05, 4.69) is 0 Å². The van der Waals surface area contributed by atoms with Gasteiger partial charge in [0.25, 0.3) is 0 Å². The summed E-state index contributed by atoms with van der Waals surface area (Å²) in [6.45, 7) is 4.30. The van der Waals surface area contributed by atoms with Crippen LogP contribution in [0.25, 0.3) is 0 Å². The van der Waals surface area contributed by atoms with Gasteiger partial charge in [-0.2, -0.15) is 0 Å². The van der Waals surface area contributed by atoms with Crippen LogP contribution < -0.4 is 0 Å². The third-order valence-electron chi connectivity index (χ3n) is 1.32. The van der Waals surface area contributed by atoms with Gasteiger partial charge in [-0.15, -0.1) is 0 Å². The third-order valence-corrected chi connectivity index (χ3v) is 1.32. The first-order chi connectivity index (χ1) is 4.72. The predicted octanol–water partition coefficient (Wildman–Crippen LogP) is 0.624. The van der Waals surface area contributed by atoms with Gasteiger partial charge >= 0.3 is 0 Å². The highest BCUT2D eigenvalue weighted by molar-refractivity contribution is 4.58. The first kappa shape index (κ1) is 9.88. The van der Waals surface area contributed by atoms with Crippen LogP contribution in [0.4, 0.5) is 0 Å². The van der Waals surface area contributed by atoms with Gasteiger partial charge in [-0.25, -0.2) is 0 Å². The van der Waals surface area contributed by atoms with E-state index in [4.69, 9.17) is 14.6 Å². The van der Waals surface area contributed by atoms with Crippen LogP contribution in [0.1, 0.15) is 13.8 Å². The van der Waals surface area contributed by atoms with E-state index in [1.165, 1.54) is 0 Å². The summed E-state index contributed by atoms with van der Waals surface area (Å²) >= 11 is 0. The van der Waals surface area contributed by atoms with Gasteiger partial charge in [0.15, 0.2) is 0 Å². The normalized spacial score (nSPS) is 14.1. The lowest BCUT2D eigenvalue weighted by atomic mass is 10.1. The topological polar surface area (TPSA) is 38.7 Å². The Morgan fingerprint density at radius 3 is 2.30 bits per heavy atom. The highest BCUT2D eigenvalue weighted by Crippen LogP contribution is 2.04. The summed E-state index contributed by atoms with van der Waals surface area (Å²) in [5, 5.41) is 8.74. The van der Waals surface area contributed by atoms with Crippen LogP contribution in [-0.2, 0) is 9.47 Å². The lowest BCUT2D eigenvalue weighted by molar-refractivity contribution is -0.102. The molecule has 0 heterocycles. The van der Waals surface area contributed by atoms with Crippen LogP contribution in [0.3, 0.4) is 0 Å². The highest BCUT2D eigenvalue weighted by atomic mass is 16.7. The van der Waals surface area contributed by atoms with E-state index >= 15 is 0 Å². The van der Waals surface area contributed by atoms with E-state index in [9.17, 15) is 0 Å². The van der Waals surface area contributed by atoms with E-state index in [0.717, 1.165) is 0 Å². The van der Waals surface area contributed by atoms with Crippen molar-refractivity contribution >= 4 is 0 Å². The van der Waals surface area contributed by atoms with Gasteiger partial charge in [-0.05, 0) is 5.92 Å². The second-order valence-corrected chi connectivity index (χ2v) is 2.54. The monoisotopic (exact) mass is 148 g/mol. The Morgan fingerprint density at radius 1 is 1.40 bits per heavy atom. The van der Waals surface area contributed by atoms with Crippen molar-refractivity contribution in [1.82, 2.24) is 0 Å². The number of hydrogen-bond acceptors (Lipinski definition) is 3. The lowest BCUT2D eigenvalue weighted by Gasteiger charge is -2.17. The minimum Gasteiger partial charge on any atom is -0.394 e. The van der Waals surface area contributed by atoms with Gasteiger partial charge in [0.1, 0.15) is 6.79 Å². The molecule has 0 aliphatic carbocycles. The molecule has 0 aliphatic rings. The number of ether oxygens (including phenoxy) is 2. The average Bonchev–Trinajstić information content (AvgIpc) is 1.89. The summed E-state index contributed by atoms with van der Waals surface area (Å²) in [4.78, 5) is 0. The Kier molecular flexibility index (Phi) is 5.58. The third kappa shape index (κ3) is 3.82. The molecule has 3 nitrogen and oxygen atoms in total. The molecule has 0 rings (SSSR count). The summed E-state index contributed by atoms with van der Waals surface area (Å²) in [5.41, 5.74) is 0. The van der Waals surface area contributed by atoms with Gasteiger partial charge in [0, 0.05) is 7.11 Å². The molecule has 3 heteroatoms. The molecule has 0 amide bonds. The molecule has 0 saturated heterocycles. The summed E-state index contributed by atoms with van der Waals surface area (Å²) in [6, 6.07) is 0. The molecule has 0 aromatic rings. The molecule has 0 bridgehead atoms. The van der Waals surface area contributed by atoms with Crippen molar-refractivity contribution in [1.29, 1.82) is 0 Å². The van der Waals surface area contributed by atoms with E-state index in [0.29, 0.717) is 5.92 Å². The van der Waals surface area contributed by atoms with Crippen molar-refractivity contribution in [2.45, 2.75) is 20.0 Å². The molecule has 0 aromatic heterocycles. The van der Waals surface area contributed by atoms with Crippen molar-refractivity contribution in [2.75, 3.05) is 20.5 Å². The summed E-state index contributed by atoms with van der Waals surface area (Å²) < 4.78 is 9.82. The van der Waals surface area contributed by atoms with Gasteiger partial charge in [-0.3, -0.25) is 0 Å². The lowest BCUT2D eigenvalue weighted by Crippen LogP contribution is -2.24. The van der Waals surface area contributed by atoms with Crippen molar-refractivity contribution in [3.8, 4) is 0 Å².